The van der Waals surface area contributed by atoms with Crippen molar-refractivity contribution in [2.75, 3.05) is 26.4 Å². The van der Waals surface area contributed by atoms with E-state index in [1.54, 1.807) is 0 Å². The Kier molecular flexibility index (Phi) is 8.95. The lowest BCUT2D eigenvalue weighted by molar-refractivity contribution is 0.0660. The Hall–Kier alpha value is -2.00. The number of carboxylic acid groups (broad SMARTS) is 2. The predicted octanol–water partition coefficient (Wildman–Crippen LogP) is 0.881. The van der Waals surface area contributed by atoms with Crippen LogP contribution < -0.4 is 0 Å². The van der Waals surface area contributed by atoms with Gasteiger partial charge in [0.2, 0.25) is 0 Å². The topological polar surface area (TPSA) is 134 Å². The summed E-state index contributed by atoms with van der Waals surface area (Å²) in [5.74, 6) is -2.51. The summed E-state index contributed by atoms with van der Waals surface area (Å²) in [4.78, 5) is 23.0. The normalized spacial score (nSPS) is 10.8. The van der Waals surface area contributed by atoms with E-state index in [2.05, 4.69) is 0 Å². The largest absolute Gasteiger partial charge is 0.478 e. The third-order valence-corrected chi connectivity index (χ3v) is 3.24. The van der Waals surface area contributed by atoms with E-state index in [-0.39, 0.29) is 56.3 Å². The molecule has 134 valence electrons. The van der Waals surface area contributed by atoms with Gasteiger partial charge in [0, 0.05) is 32.0 Å². The minimum atomic E-state index is -1.26. The molecule has 0 saturated heterocycles. The van der Waals surface area contributed by atoms with Gasteiger partial charge in [-0.3, -0.25) is 0 Å². The number of aliphatic hydroxyl groups excluding tert-OH is 2. The number of hydrogen-bond acceptors (Lipinski definition) is 6. The van der Waals surface area contributed by atoms with Crippen LogP contribution in [0.3, 0.4) is 0 Å². The van der Waals surface area contributed by atoms with Crippen molar-refractivity contribution in [2.45, 2.75) is 26.1 Å². The number of rotatable bonds is 12. The average molecular weight is 342 g/mol. The highest BCUT2D eigenvalue weighted by atomic mass is 16.5. The minimum absolute atomic E-state index is 0.00876. The van der Waals surface area contributed by atoms with E-state index in [0.717, 1.165) is 0 Å². The maximum Gasteiger partial charge on any atom is 0.336 e. The average Bonchev–Trinajstić information content (AvgIpc) is 2.54. The number of carbonyl (C=O) groups is 2. The number of ether oxygens (including phenoxy) is 2. The van der Waals surface area contributed by atoms with Gasteiger partial charge in [-0.25, -0.2) is 9.59 Å². The molecule has 0 aliphatic rings. The molecule has 0 aliphatic heterocycles. The van der Waals surface area contributed by atoms with Crippen LogP contribution in [-0.4, -0.2) is 58.8 Å². The Balaban J connectivity index is 3.07. The molecule has 0 aromatic heterocycles. The molecule has 0 radical (unpaired) electrons. The molecule has 0 heterocycles. The van der Waals surface area contributed by atoms with Crippen LogP contribution >= 0.6 is 0 Å². The summed E-state index contributed by atoms with van der Waals surface area (Å²) in [7, 11) is 0. The van der Waals surface area contributed by atoms with Crippen molar-refractivity contribution in [3.63, 3.8) is 0 Å². The van der Waals surface area contributed by atoms with Crippen LogP contribution in [0, 0.1) is 0 Å². The van der Waals surface area contributed by atoms with E-state index in [1.807, 2.05) is 0 Å². The first-order valence-electron chi connectivity index (χ1n) is 7.51. The summed E-state index contributed by atoms with van der Waals surface area (Å²) >= 11 is 0. The van der Waals surface area contributed by atoms with Gasteiger partial charge in [0.1, 0.15) is 0 Å². The fourth-order valence-electron chi connectivity index (χ4n) is 2.12. The van der Waals surface area contributed by atoms with Crippen molar-refractivity contribution in [3.05, 3.63) is 34.4 Å². The number of benzene rings is 1. The van der Waals surface area contributed by atoms with Crippen molar-refractivity contribution >= 4 is 11.9 Å². The van der Waals surface area contributed by atoms with Gasteiger partial charge in [-0.15, -0.1) is 0 Å². The second-order valence-corrected chi connectivity index (χ2v) is 5.00. The third kappa shape index (κ3) is 5.89. The van der Waals surface area contributed by atoms with Crippen LogP contribution in [0.2, 0.25) is 0 Å². The molecule has 0 aliphatic carbocycles. The summed E-state index contributed by atoms with van der Waals surface area (Å²) < 4.78 is 10.6. The SMILES string of the molecule is O=C(O)c1ccc(COCCCO)c(C(=O)O)c1COCCCO. The molecular formula is C16H22O8. The van der Waals surface area contributed by atoms with Crippen molar-refractivity contribution < 1.29 is 39.5 Å². The van der Waals surface area contributed by atoms with Gasteiger partial charge in [-0.1, -0.05) is 6.07 Å². The number of aromatic carboxylic acids is 2. The fourth-order valence-corrected chi connectivity index (χ4v) is 2.12. The maximum atomic E-state index is 11.6. The van der Waals surface area contributed by atoms with Crippen molar-refractivity contribution in [3.8, 4) is 0 Å². The zero-order chi connectivity index (χ0) is 17.9. The van der Waals surface area contributed by atoms with Gasteiger partial charge in [0.25, 0.3) is 0 Å². The molecule has 0 saturated carbocycles. The number of hydrogen-bond donors (Lipinski definition) is 4. The van der Waals surface area contributed by atoms with E-state index in [0.29, 0.717) is 18.4 Å². The van der Waals surface area contributed by atoms with Gasteiger partial charge in [0.15, 0.2) is 0 Å². The Bertz CT molecular complexity index is 555. The van der Waals surface area contributed by atoms with Crippen molar-refractivity contribution in [2.24, 2.45) is 0 Å². The molecule has 1 aromatic rings. The minimum Gasteiger partial charge on any atom is -0.478 e. The molecule has 4 N–H and O–H groups in total. The molecule has 8 nitrogen and oxygen atoms in total. The Morgan fingerprint density at radius 2 is 1.46 bits per heavy atom. The summed E-state index contributed by atoms with van der Waals surface area (Å²) in [6.45, 7) is 0.146. The lowest BCUT2D eigenvalue weighted by Gasteiger charge is -2.15. The molecule has 0 unspecified atom stereocenters. The molecule has 0 spiro atoms. The number of carboxylic acids is 2. The highest BCUT2D eigenvalue weighted by Crippen LogP contribution is 2.22. The predicted molar refractivity (Wildman–Crippen MR) is 83.1 cm³/mol. The molecule has 0 atom stereocenters. The van der Waals surface area contributed by atoms with Crippen LogP contribution in [0.25, 0.3) is 0 Å². The molecular weight excluding hydrogens is 320 g/mol. The standard InChI is InChI=1S/C16H22O8/c17-5-1-7-23-9-11-3-4-12(15(19)20)13(14(11)16(21)22)10-24-8-2-6-18/h3-4,17-18H,1-2,5-10H2,(H,19,20)(H,21,22). The molecule has 24 heavy (non-hydrogen) atoms. The number of aliphatic hydroxyl groups is 2. The molecule has 1 rings (SSSR count). The monoisotopic (exact) mass is 342 g/mol. The second-order valence-electron chi connectivity index (χ2n) is 5.00. The Labute approximate surface area is 139 Å². The molecule has 0 bridgehead atoms. The quantitative estimate of drug-likeness (QED) is 0.411. The van der Waals surface area contributed by atoms with E-state index >= 15 is 0 Å². The summed E-state index contributed by atoms with van der Waals surface area (Å²) in [6.07, 6.45) is 0.793. The van der Waals surface area contributed by atoms with Crippen LogP contribution in [-0.2, 0) is 22.7 Å². The molecule has 1 aromatic carbocycles. The van der Waals surface area contributed by atoms with E-state index in [1.165, 1.54) is 12.1 Å². The Morgan fingerprint density at radius 1 is 0.875 bits per heavy atom. The van der Waals surface area contributed by atoms with Gasteiger partial charge in [-0.2, -0.15) is 0 Å². The van der Waals surface area contributed by atoms with Crippen LogP contribution in [0.15, 0.2) is 12.1 Å². The maximum absolute atomic E-state index is 11.6. The third-order valence-electron chi connectivity index (χ3n) is 3.24. The van der Waals surface area contributed by atoms with Gasteiger partial charge in [0.05, 0.1) is 24.3 Å². The first-order chi connectivity index (χ1) is 11.5. The lowest BCUT2D eigenvalue weighted by Crippen LogP contribution is -2.15. The summed E-state index contributed by atoms with van der Waals surface area (Å²) in [5.41, 5.74) is 0.112. The fraction of sp³-hybridized carbons (Fsp3) is 0.500. The van der Waals surface area contributed by atoms with Crippen LogP contribution in [0.1, 0.15) is 44.7 Å². The van der Waals surface area contributed by atoms with Gasteiger partial charge < -0.3 is 29.9 Å². The van der Waals surface area contributed by atoms with Gasteiger partial charge >= 0.3 is 11.9 Å². The zero-order valence-electron chi connectivity index (χ0n) is 13.2. The van der Waals surface area contributed by atoms with E-state index in [9.17, 15) is 19.8 Å². The van der Waals surface area contributed by atoms with Gasteiger partial charge in [-0.05, 0) is 24.5 Å². The Morgan fingerprint density at radius 3 is 1.96 bits per heavy atom. The summed E-state index contributed by atoms with van der Waals surface area (Å²) in [5, 5.41) is 36.2. The molecule has 0 amide bonds. The molecule has 0 fully saturated rings. The smallest absolute Gasteiger partial charge is 0.336 e. The molecule has 8 heteroatoms. The first kappa shape index (κ1) is 20.0. The van der Waals surface area contributed by atoms with Crippen molar-refractivity contribution in [1.29, 1.82) is 0 Å². The van der Waals surface area contributed by atoms with E-state index < -0.39 is 11.9 Å². The van der Waals surface area contributed by atoms with Crippen LogP contribution in [0.5, 0.6) is 0 Å². The lowest BCUT2D eigenvalue weighted by atomic mass is 9.96. The van der Waals surface area contributed by atoms with E-state index in [4.69, 9.17) is 19.7 Å². The summed E-state index contributed by atoms with van der Waals surface area (Å²) in [6, 6.07) is 2.73. The van der Waals surface area contributed by atoms with Crippen LogP contribution in [0.4, 0.5) is 0 Å². The zero-order valence-corrected chi connectivity index (χ0v) is 13.2. The second kappa shape index (κ2) is 10.7. The first-order valence-corrected chi connectivity index (χ1v) is 7.51. The highest BCUT2D eigenvalue weighted by molar-refractivity contribution is 5.97. The highest BCUT2D eigenvalue weighted by Gasteiger charge is 2.22. The van der Waals surface area contributed by atoms with Crippen molar-refractivity contribution in [1.82, 2.24) is 0 Å².